The zero-order valence-electron chi connectivity index (χ0n) is 29.7. The number of fused-ring (bicyclic) bond motifs is 18. The molecule has 4 aromatic rings. The van der Waals surface area contributed by atoms with Gasteiger partial charge in [0.1, 0.15) is 24.2 Å². The molecular weight excluding hydrogens is 745 g/mol. The van der Waals surface area contributed by atoms with E-state index in [1.807, 2.05) is 30.3 Å². The van der Waals surface area contributed by atoms with Crippen LogP contribution < -0.4 is 26.6 Å². The number of rotatable bonds is 8. The van der Waals surface area contributed by atoms with Crippen LogP contribution in [0.15, 0.2) is 103 Å². The van der Waals surface area contributed by atoms with Crippen LogP contribution in [0.1, 0.15) is 41.5 Å². The molecule has 6 rings (SSSR count). The van der Waals surface area contributed by atoms with Crippen molar-refractivity contribution in [2.24, 2.45) is 0 Å². The molecule has 0 spiro atoms. The first-order valence-corrected chi connectivity index (χ1v) is 18.5. The van der Waals surface area contributed by atoms with Crippen molar-refractivity contribution >= 4 is 64.4 Å². The SMILES string of the molecule is O=C1CCC(=O)N[C@H](CCc2ccccc2)C(=O)N[C@@H](Cc2ccc(Cl)cc2Cl)C(=O)N[C@H](Cc2ccccc2)C(=O)N[C@@H](C(=O)O)Cc2ccc(cc2)N1. The average Bonchev–Trinajstić information content (AvgIpc) is 3.16. The van der Waals surface area contributed by atoms with Gasteiger partial charge < -0.3 is 31.7 Å². The minimum absolute atomic E-state index is 0.00271. The van der Waals surface area contributed by atoms with E-state index < -0.39 is 59.7 Å². The first-order valence-electron chi connectivity index (χ1n) is 17.8. The Morgan fingerprint density at radius 3 is 1.85 bits per heavy atom. The van der Waals surface area contributed by atoms with E-state index in [2.05, 4.69) is 26.6 Å². The van der Waals surface area contributed by atoms with Crippen molar-refractivity contribution in [2.45, 2.75) is 69.1 Å². The number of halogens is 2. The molecule has 4 aromatic carbocycles. The van der Waals surface area contributed by atoms with Crippen molar-refractivity contribution in [1.82, 2.24) is 21.3 Å². The summed E-state index contributed by atoms with van der Waals surface area (Å²) in [5.74, 6) is -4.49. The van der Waals surface area contributed by atoms with E-state index in [4.69, 9.17) is 23.2 Å². The second-order valence-corrected chi connectivity index (χ2v) is 14.1. The summed E-state index contributed by atoms with van der Waals surface area (Å²) < 4.78 is 0. The summed E-state index contributed by atoms with van der Waals surface area (Å²) in [7, 11) is 0. The maximum atomic E-state index is 14.3. The third-order valence-corrected chi connectivity index (χ3v) is 9.66. The Kier molecular flexibility index (Phi) is 14.4. The second-order valence-electron chi connectivity index (χ2n) is 13.2. The quantitative estimate of drug-likeness (QED) is 0.143. The van der Waals surface area contributed by atoms with Crippen molar-refractivity contribution in [2.75, 3.05) is 5.32 Å². The molecule has 0 unspecified atom stereocenters. The van der Waals surface area contributed by atoms with E-state index in [0.717, 1.165) is 5.56 Å². The van der Waals surface area contributed by atoms with Crippen molar-refractivity contribution in [3.8, 4) is 0 Å². The lowest BCUT2D eigenvalue weighted by Crippen LogP contribution is -2.59. The van der Waals surface area contributed by atoms with Crippen LogP contribution in [0.5, 0.6) is 0 Å². The van der Waals surface area contributed by atoms with Crippen LogP contribution in [0.3, 0.4) is 0 Å². The maximum absolute atomic E-state index is 14.3. The molecule has 6 N–H and O–H groups in total. The number of carbonyl (C=O) groups excluding carboxylic acids is 5. The fourth-order valence-corrected chi connectivity index (χ4v) is 6.58. The summed E-state index contributed by atoms with van der Waals surface area (Å²) in [6, 6.07) is 24.2. The van der Waals surface area contributed by atoms with Gasteiger partial charge in [-0.05, 0) is 59.4 Å². The van der Waals surface area contributed by atoms with Gasteiger partial charge in [-0.2, -0.15) is 0 Å². The van der Waals surface area contributed by atoms with Crippen molar-refractivity contribution in [1.29, 1.82) is 0 Å². The first kappa shape index (κ1) is 40.5. The Morgan fingerprint density at radius 2 is 1.22 bits per heavy atom. The number of benzene rings is 4. The molecule has 2 aliphatic rings. The highest BCUT2D eigenvalue weighted by Gasteiger charge is 2.32. The normalized spacial score (nSPS) is 20.2. The lowest BCUT2D eigenvalue weighted by molar-refractivity contribution is -0.142. The predicted octanol–water partition coefficient (Wildman–Crippen LogP) is 4.41. The average molecular weight is 787 g/mol. The fraction of sp³-hybridized carbons (Fsp3) is 0.268. The topological polar surface area (TPSA) is 183 Å². The number of carboxylic acid groups (broad SMARTS) is 1. The highest BCUT2D eigenvalue weighted by molar-refractivity contribution is 6.35. The number of hydrogen-bond acceptors (Lipinski definition) is 6. The molecule has 2 aliphatic heterocycles. The van der Waals surface area contributed by atoms with Crippen LogP contribution in [0.25, 0.3) is 0 Å². The minimum atomic E-state index is -1.37. The Hall–Kier alpha value is -5.72. The van der Waals surface area contributed by atoms with Gasteiger partial charge in [-0.3, -0.25) is 24.0 Å². The predicted molar refractivity (Wildman–Crippen MR) is 208 cm³/mol. The van der Waals surface area contributed by atoms with E-state index in [9.17, 15) is 33.9 Å². The fourth-order valence-electron chi connectivity index (χ4n) is 6.09. The number of anilines is 1. The van der Waals surface area contributed by atoms with Gasteiger partial charge in [0, 0.05) is 47.8 Å². The molecule has 5 amide bonds. The van der Waals surface area contributed by atoms with Gasteiger partial charge in [-0.15, -0.1) is 0 Å². The van der Waals surface area contributed by atoms with Gasteiger partial charge in [-0.25, -0.2) is 4.79 Å². The zero-order valence-corrected chi connectivity index (χ0v) is 31.2. The summed E-state index contributed by atoms with van der Waals surface area (Å²) in [5.41, 5.74) is 3.04. The van der Waals surface area contributed by atoms with Crippen LogP contribution in [-0.4, -0.2) is 64.8 Å². The summed E-state index contributed by atoms with van der Waals surface area (Å²) in [4.78, 5) is 80.6. The van der Waals surface area contributed by atoms with Crippen LogP contribution in [0.2, 0.25) is 10.0 Å². The minimum Gasteiger partial charge on any atom is -0.480 e. The molecule has 0 saturated heterocycles. The van der Waals surface area contributed by atoms with Gasteiger partial charge >= 0.3 is 5.97 Å². The molecule has 2 bridgehead atoms. The molecule has 2 heterocycles. The zero-order chi connectivity index (χ0) is 39.3. The number of hydrogen-bond donors (Lipinski definition) is 6. The van der Waals surface area contributed by atoms with Crippen molar-refractivity contribution in [3.63, 3.8) is 0 Å². The molecule has 286 valence electrons. The van der Waals surface area contributed by atoms with E-state index in [0.29, 0.717) is 33.8 Å². The number of aliphatic carboxylic acids is 1. The number of amides is 5. The van der Waals surface area contributed by atoms with Gasteiger partial charge in [0.05, 0.1) is 0 Å². The van der Waals surface area contributed by atoms with E-state index in [-0.39, 0.29) is 43.5 Å². The number of carboxylic acids is 1. The Labute approximate surface area is 328 Å². The van der Waals surface area contributed by atoms with Crippen molar-refractivity contribution < 1.29 is 33.9 Å². The summed E-state index contributed by atoms with van der Waals surface area (Å²) in [6.07, 6.45) is -0.0716. The lowest BCUT2D eigenvalue weighted by Gasteiger charge is -2.26. The molecule has 0 fully saturated rings. The summed E-state index contributed by atoms with van der Waals surface area (Å²) in [5, 5.41) is 24.2. The first-order chi connectivity index (χ1) is 26.4. The van der Waals surface area contributed by atoms with Crippen LogP contribution in [0, 0.1) is 0 Å². The highest BCUT2D eigenvalue weighted by atomic mass is 35.5. The second kappa shape index (κ2) is 19.6. The number of nitrogens with one attached hydrogen (secondary N) is 5. The third kappa shape index (κ3) is 12.4. The lowest BCUT2D eigenvalue weighted by atomic mass is 10.00. The Balaban J connectivity index is 1.51. The molecule has 14 heteroatoms. The van der Waals surface area contributed by atoms with E-state index in [1.54, 1.807) is 66.7 Å². The smallest absolute Gasteiger partial charge is 0.326 e. The summed E-state index contributed by atoms with van der Waals surface area (Å²) in [6.45, 7) is 0. The van der Waals surface area contributed by atoms with Crippen LogP contribution in [0.4, 0.5) is 5.69 Å². The van der Waals surface area contributed by atoms with Gasteiger partial charge in [0.2, 0.25) is 29.5 Å². The Morgan fingerprint density at radius 1 is 0.636 bits per heavy atom. The molecule has 55 heavy (non-hydrogen) atoms. The number of carbonyl (C=O) groups is 6. The molecule has 0 radical (unpaired) electrons. The van der Waals surface area contributed by atoms with Gasteiger partial charge in [0.25, 0.3) is 0 Å². The molecular formula is C41H41Cl2N5O7. The molecule has 0 aromatic heterocycles. The monoisotopic (exact) mass is 785 g/mol. The van der Waals surface area contributed by atoms with Gasteiger partial charge in [0.15, 0.2) is 0 Å². The Bertz CT molecular complexity index is 2000. The van der Waals surface area contributed by atoms with Crippen molar-refractivity contribution in [3.05, 3.63) is 135 Å². The maximum Gasteiger partial charge on any atom is 0.326 e. The van der Waals surface area contributed by atoms with Crippen LogP contribution >= 0.6 is 23.2 Å². The van der Waals surface area contributed by atoms with E-state index in [1.165, 1.54) is 6.07 Å². The molecule has 4 atom stereocenters. The summed E-state index contributed by atoms with van der Waals surface area (Å²) >= 11 is 12.6. The van der Waals surface area contributed by atoms with Crippen LogP contribution in [-0.2, 0) is 54.5 Å². The molecule has 12 nitrogen and oxygen atoms in total. The molecule has 0 aliphatic carbocycles. The largest absolute Gasteiger partial charge is 0.480 e. The number of aryl methyl sites for hydroxylation is 1. The standard InChI is InChI=1S/C41H41Cl2N5O7/c42-29-15-14-28(31(43)24-29)23-34-40(53)46-33(21-26-9-5-2-6-10-26)39(52)48-35(41(54)55)22-27-11-16-30(17-12-27)44-36(49)19-20-37(50)45-32(38(51)47-34)18-13-25-7-3-1-4-8-25/h1-12,14-17,24,32-35H,13,18-23H2,(H,44,49)(H,45,50)(H,46,53)(H,47,51)(H,48,52)(H,54,55)/t32-,33-,34+,35-/m1/s1. The third-order valence-electron chi connectivity index (χ3n) is 9.08. The highest BCUT2D eigenvalue weighted by Crippen LogP contribution is 2.23. The van der Waals surface area contributed by atoms with Gasteiger partial charge in [-0.1, -0.05) is 102 Å². The van der Waals surface area contributed by atoms with E-state index >= 15 is 0 Å². The molecule has 0 saturated carbocycles.